The molecule has 0 saturated carbocycles. The summed E-state index contributed by atoms with van der Waals surface area (Å²) < 4.78 is 0. The van der Waals surface area contributed by atoms with Crippen LogP contribution in [0.25, 0.3) is 0 Å². The standard InChI is InChI=1S/C15H19N3O2/c1-12(15(20)17-11-10-16)18-14(19)9-5-8-13-6-3-2-4-7-13/h2-4,6-7,12H,5,8-9,11H2,1H3,(H,17,20)(H,18,19). The van der Waals surface area contributed by atoms with E-state index in [0.717, 1.165) is 12.8 Å². The van der Waals surface area contributed by atoms with E-state index in [4.69, 9.17) is 5.26 Å². The van der Waals surface area contributed by atoms with Gasteiger partial charge in [-0.1, -0.05) is 30.3 Å². The van der Waals surface area contributed by atoms with Crippen molar-refractivity contribution in [2.45, 2.75) is 32.2 Å². The molecule has 0 saturated heterocycles. The molecule has 0 aliphatic heterocycles. The predicted molar refractivity (Wildman–Crippen MR) is 75.6 cm³/mol. The van der Waals surface area contributed by atoms with Crippen LogP contribution in [0.2, 0.25) is 0 Å². The van der Waals surface area contributed by atoms with Crippen LogP contribution in [0.5, 0.6) is 0 Å². The van der Waals surface area contributed by atoms with E-state index >= 15 is 0 Å². The van der Waals surface area contributed by atoms with Crippen LogP contribution in [-0.2, 0) is 16.0 Å². The van der Waals surface area contributed by atoms with Gasteiger partial charge in [0.25, 0.3) is 0 Å². The zero-order valence-corrected chi connectivity index (χ0v) is 11.6. The van der Waals surface area contributed by atoms with E-state index in [9.17, 15) is 9.59 Å². The van der Waals surface area contributed by atoms with Gasteiger partial charge in [-0.05, 0) is 25.3 Å². The maximum Gasteiger partial charge on any atom is 0.243 e. The van der Waals surface area contributed by atoms with E-state index in [-0.39, 0.29) is 18.4 Å². The van der Waals surface area contributed by atoms with Gasteiger partial charge in [0.1, 0.15) is 12.6 Å². The Morgan fingerprint density at radius 1 is 1.30 bits per heavy atom. The van der Waals surface area contributed by atoms with Crippen LogP contribution in [0.4, 0.5) is 0 Å². The normalized spacial score (nSPS) is 11.2. The van der Waals surface area contributed by atoms with Crippen LogP contribution in [0.3, 0.4) is 0 Å². The molecule has 20 heavy (non-hydrogen) atoms. The molecule has 1 aromatic carbocycles. The number of carbonyl (C=O) groups excluding carboxylic acids is 2. The molecule has 1 rings (SSSR count). The van der Waals surface area contributed by atoms with Crippen molar-refractivity contribution in [1.29, 1.82) is 5.26 Å². The molecule has 1 unspecified atom stereocenters. The number of carbonyl (C=O) groups is 2. The highest BCUT2D eigenvalue weighted by atomic mass is 16.2. The summed E-state index contributed by atoms with van der Waals surface area (Å²) in [6, 6.07) is 11.1. The first-order chi connectivity index (χ1) is 9.63. The van der Waals surface area contributed by atoms with Gasteiger partial charge < -0.3 is 10.6 Å². The average molecular weight is 273 g/mol. The Hall–Kier alpha value is -2.35. The first-order valence-corrected chi connectivity index (χ1v) is 6.61. The fraction of sp³-hybridized carbons (Fsp3) is 0.400. The van der Waals surface area contributed by atoms with Gasteiger partial charge in [0, 0.05) is 6.42 Å². The molecule has 106 valence electrons. The molecule has 0 spiro atoms. The number of hydrogen-bond donors (Lipinski definition) is 2. The molecule has 5 heteroatoms. The van der Waals surface area contributed by atoms with Gasteiger partial charge in [-0.3, -0.25) is 9.59 Å². The fourth-order valence-corrected chi connectivity index (χ4v) is 1.76. The molecule has 1 atom stereocenters. The molecule has 1 aromatic rings. The maximum atomic E-state index is 11.7. The first-order valence-electron chi connectivity index (χ1n) is 6.61. The second-order valence-corrected chi connectivity index (χ2v) is 4.50. The molecule has 0 heterocycles. The lowest BCUT2D eigenvalue weighted by atomic mass is 10.1. The summed E-state index contributed by atoms with van der Waals surface area (Å²) in [7, 11) is 0. The Bertz CT molecular complexity index is 480. The van der Waals surface area contributed by atoms with Crippen molar-refractivity contribution < 1.29 is 9.59 Å². The van der Waals surface area contributed by atoms with Crippen molar-refractivity contribution in [2.75, 3.05) is 6.54 Å². The Morgan fingerprint density at radius 3 is 2.65 bits per heavy atom. The summed E-state index contributed by atoms with van der Waals surface area (Å²) in [4.78, 5) is 23.1. The molecule has 0 aromatic heterocycles. The Kier molecular flexibility index (Phi) is 6.83. The van der Waals surface area contributed by atoms with E-state index in [1.807, 2.05) is 36.4 Å². The summed E-state index contributed by atoms with van der Waals surface area (Å²) in [5, 5.41) is 13.4. The van der Waals surface area contributed by atoms with Crippen molar-refractivity contribution in [3.63, 3.8) is 0 Å². The second kappa shape index (κ2) is 8.70. The zero-order valence-electron chi connectivity index (χ0n) is 11.6. The lowest BCUT2D eigenvalue weighted by Gasteiger charge is -2.12. The average Bonchev–Trinajstić information content (AvgIpc) is 2.45. The number of nitrogens with zero attached hydrogens (tertiary/aromatic N) is 1. The van der Waals surface area contributed by atoms with Crippen LogP contribution in [0.1, 0.15) is 25.3 Å². The maximum absolute atomic E-state index is 11.7. The molecule has 2 N–H and O–H groups in total. The number of rotatable bonds is 7. The van der Waals surface area contributed by atoms with Gasteiger partial charge in [0.2, 0.25) is 11.8 Å². The van der Waals surface area contributed by atoms with Gasteiger partial charge in [0.15, 0.2) is 0 Å². The third-order valence-electron chi connectivity index (χ3n) is 2.82. The van der Waals surface area contributed by atoms with Crippen LogP contribution in [-0.4, -0.2) is 24.4 Å². The quantitative estimate of drug-likeness (QED) is 0.731. The Labute approximate surface area is 119 Å². The first kappa shape index (κ1) is 15.7. The highest BCUT2D eigenvalue weighted by Crippen LogP contribution is 2.04. The summed E-state index contributed by atoms with van der Waals surface area (Å²) in [6.45, 7) is 1.55. The number of nitriles is 1. The predicted octanol–water partition coefficient (Wildman–Crippen LogP) is 1.15. The van der Waals surface area contributed by atoms with E-state index in [1.165, 1.54) is 5.56 Å². The number of amides is 2. The van der Waals surface area contributed by atoms with Crippen molar-refractivity contribution in [2.24, 2.45) is 0 Å². The summed E-state index contributed by atoms with van der Waals surface area (Å²) >= 11 is 0. The lowest BCUT2D eigenvalue weighted by Crippen LogP contribution is -2.44. The largest absolute Gasteiger partial charge is 0.345 e. The smallest absolute Gasteiger partial charge is 0.243 e. The van der Waals surface area contributed by atoms with E-state index < -0.39 is 6.04 Å². The van der Waals surface area contributed by atoms with Gasteiger partial charge in [-0.25, -0.2) is 0 Å². The van der Waals surface area contributed by atoms with Crippen LogP contribution in [0.15, 0.2) is 30.3 Å². The molecule has 5 nitrogen and oxygen atoms in total. The molecule has 2 amide bonds. The fourth-order valence-electron chi connectivity index (χ4n) is 1.76. The number of aryl methyl sites for hydroxylation is 1. The molecule has 0 radical (unpaired) electrons. The van der Waals surface area contributed by atoms with Crippen molar-refractivity contribution in [1.82, 2.24) is 10.6 Å². The third kappa shape index (κ3) is 6.01. The van der Waals surface area contributed by atoms with Crippen molar-refractivity contribution in [3.05, 3.63) is 35.9 Å². The minimum absolute atomic E-state index is 0.0486. The monoisotopic (exact) mass is 273 g/mol. The van der Waals surface area contributed by atoms with Crippen LogP contribution >= 0.6 is 0 Å². The number of benzene rings is 1. The molecule has 0 aliphatic carbocycles. The van der Waals surface area contributed by atoms with Crippen LogP contribution < -0.4 is 10.6 Å². The Balaban J connectivity index is 2.23. The number of nitrogens with one attached hydrogen (secondary N) is 2. The van der Waals surface area contributed by atoms with Gasteiger partial charge in [0.05, 0.1) is 6.07 Å². The molecule has 0 aliphatic rings. The summed E-state index contributed by atoms with van der Waals surface area (Å²) in [6.07, 6.45) is 1.95. The molecule has 0 fully saturated rings. The SMILES string of the molecule is CC(NC(=O)CCCc1ccccc1)C(=O)NCC#N. The van der Waals surface area contributed by atoms with E-state index in [1.54, 1.807) is 6.92 Å². The van der Waals surface area contributed by atoms with Crippen molar-refractivity contribution >= 4 is 11.8 Å². The lowest BCUT2D eigenvalue weighted by molar-refractivity contribution is -0.128. The third-order valence-corrected chi connectivity index (χ3v) is 2.82. The van der Waals surface area contributed by atoms with E-state index in [2.05, 4.69) is 10.6 Å². The molecular weight excluding hydrogens is 254 g/mol. The van der Waals surface area contributed by atoms with Crippen molar-refractivity contribution in [3.8, 4) is 6.07 Å². The van der Waals surface area contributed by atoms with E-state index in [0.29, 0.717) is 6.42 Å². The molecule has 0 bridgehead atoms. The zero-order chi connectivity index (χ0) is 14.8. The van der Waals surface area contributed by atoms with Gasteiger partial charge in [-0.2, -0.15) is 5.26 Å². The summed E-state index contributed by atoms with van der Waals surface area (Å²) in [5.74, 6) is -0.497. The second-order valence-electron chi connectivity index (χ2n) is 4.50. The molecular formula is C15H19N3O2. The highest BCUT2D eigenvalue weighted by Gasteiger charge is 2.14. The van der Waals surface area contributed by atoms with Gasteiger partial charge in [-0.15, -0.1) is 0 Å². The number of hydrogen-bond acceptors (Lipinski definition) is 3. The topological polar surface area (TPSA) is 82.0 Å². The van der Waals surface area contributed by atoms with Crippen LogP contribution in [0, 0.1) is 11.3 Å². The minimum atomic E-state index is -0.618. The highest BCUT2D eigenvalue weighted by molar-refractivity contribution is 5.87. The van der Waals surface area contributed by atoms with Gasteiger partial charge >= 0.3 is 0 Å². The minimum Gasteiger partial charge on any atom is -0.345 e. The summed E-state index contributed by atoms with van der Waals surface area (Å²) in [5.41, 5.74) is 1.19. The Morgan fingerprint density at radius 2 is 2.00 bits per heavy atom.